The molecule has 148 valence electrons. The van der Waals surface area contributed by atoms with Crippen LogP contribution in [-0.2, 0) is 10.0 Å². The van der Waals surface area contributed by atoms with Gasteiger partial charge in [-0.3, -0.25) is 0 Å². The Hall–Kier alpha value is -2.19. The van der Waals surface area contributed by atoms with Gasteiger partial charge in [-0.2, -0.15) is 8.42 Å². The molecule has 0 bridgehead atoms. The lowest BCUT2D eigenvalue weighted by molar-refractivity contribution is -0.0582. The minimum atomic E-state index is -3.68. The number of allylic oxidation sites excluding steroid dienone is 2. The summed E-state index contributed by atoms with van der Waals surface area (Å²) in [5, 5.41) is 1.44. The van der Waals surface area contributed by atoms with Gasteiger partial charge in [-0.15, -0.1) is 4.40 Å². The van der Waals surface area contributed by atoms with Gasteiger partial charge in [0.15, 0.2) is 5.84 Å². The molecular formula is C19H17ClF2N2O3S. The number of benzene rings is 1. The summed E-state index contributed by atoms with van der Waals surface area (Å²) in [5.41, 5.74) is 1.27. The van der Waals surface area contributed by atoms with E-state index in [9.17, 15) is 17.2 Å². The molecule has 0 amide bonds. The van der Waals surface area contributed by atoms with Crippen molar-refractivity contribution in [2.45, 2.75) is 37.7 Å². The van der Waals surface area contributed by atoms with Gasteiger partial charge < -0.3 is 9.64 Å². The highest BCUT2D eigenvalue weighted by Gasteiger charge is 2.35. The number of sulfonamides is 1. The van der Waals surface area contributed by atoms with Crippen LogP contribution in [0.3, 0.4) is 0 Å². The van der Waals surface area contributed by atoms with Crippen LogP contribution in [0.5, 0.6) is 5.75 Å². The van der Waals surface area contributed by atoms with E-state index in [1.165, 1.54) is 6.20 Å². The van der Waals surface area contributed by atoms with Crippen LogP contribution in [-0.4, -0.2) is 31.2 Å². The summed E-state index contributed by atoms with van der Waals surface area (Å²) in [4.78, 5) is 1.55. The molecule has 0 aromatic heterocycles. The van der Waals surface area contributed by atoms with Gasteiger partial charge in [-0.05, 0) is 36.6 Å². The second kappa shape index (κ2) is 7.00. The molecule has 0 atom stereocenters. The number of halogens is 3. The van der Waals surface area contributed by atoms with E-state index in [0.717, 1.165) is 5.41 Å². The molecule has 28 heavy (non-hydrogen) atoms. The largest absolute Gasteiger partial charge is 0.490 e. The predicted octanol–water partition coefficient (Wildman–Crippen LogP) is 4.64. The second-order valence-electron chi connectivity index (χ2n) is 6.89. The zero-order valence-corrected chi connectivity index (χ0v) is 16.3. The maximum atomic E-state index is 13.3. The summed E-state index contributed by atoms with van der Waals surface area (Å²) in [6, 6.07) is 6.99. The summed E-state index contributed by atoms with van der Waals surface area (Å²) in [6.45, 7) is 0. The number of ether oxygens (including phenoxy) is 1. The Morgan fingerprint density at radius 3 is 2.54 bits per heavy atom. The van der Waals surface area contributed by atoms with Crippen molar-refractivity contribution >= 4 is 33.0 Å². The van der Waals surface area contributed by atoms with Gasteiger partial charge in [-0.1, -0.05) is 23.7 Å². The third kappa shape index (κ3) is 4.12. The average molecular weight is 427 g/mol. The van der Waals surface area contributed by atoms with E-state index in [0.29, 0.717) is 34.8 Å². The van der Waals surface area contributed by atoms with E-state index in [2.05, 4.69) is 4.40 Å². The fourth-order valence-electron chi connectivity index (χ4n) is 3.33. The summed E-state index contributed by atoms with van der Waals surface area (Å²) >= 11 is 6.15. The lowest BCUT2D eigenvalue weighted by atomic mass is 9.94. The molecule has 9 heteroatoms. The molecule has 0 radical (unpaired) electrons. The zero-order valence-electron chi connectivity index (χ0n) is 14.7. The van der Waals surface area contributed by atoms with Crippen molar-refractivity contribution in [3.8, 4) is 5.75 Å². The molecule has 3 aliphatic rings. The molecule has 1 aromatic carbocycles. The summed E-state index contributed by atoms with van der Waals surface area (Å²) in [7, 11) is -3.68. The van der Waals surface area contributed by atoms with Crippen LogP contribution in [0, 0.1) is 0 Å². The average Bonchev–Trinajstić information content (AvgIpc) is 2.64. The number of alkyl halides is 2. The highest BCUT2D eigenvalue weighted by molar-refractivity contribution is 7.93. The molecule has 5 nitrogen and oxygen atoms in total. The highest BCUT2D eigenvalue weighted by Crippen LogP contribution is 2.35. The molecule has 0 saturated heterocycles. The minimum absolute atomic E-state index is 0.162. The monoisotopic (exact) mass is 426 g/mol. The van der Waals surface area contributed by atoms with Gasteiger partial charge in [0.05, 0.1) is 16.5 Å². The number of amidine groups is 1. The molecule has 1 fully saturated rings. The topological polar surface area (TPSA) is 59.0 Å². The molecule has 2 aliphatic heterocycles. The Balaban J connectivity index is 1.53. The molecule has 1 saturated carbocycles. The normalized spacial score (nSPS) is 23.4. The van der Waals surface area contributed by atoms with Crippen LogP contribution in [0.4, 0.5) is 8.78 Å². The van der Waals surface area contributed by atoms with Gasteiger partial charge in [0.2, 0.25) is 5.92 Å². The van der Waals surface area contributed by atoms with Crippen molar-refractivity contribution in [3.05, 3.63) is 58.7 Å². The van der Waals surface area contributed by atoms with Crippen molar-refractivity contribution in [1.82, 2.24) is 4.90 Å². The van der Waals surface area contributed by atoms with Gasteiger partial charge in [-0.25, -0.2) is 8.78 Å². The van der Waals surface area contributed by atoms with Crippen molar-refractivity contribution < 1.29 is 21.9 Å². The van der Waals surface area contributed by atoms with Gasteiger partial charge in [0.1, 0.15) is 5.75 Å². The fraction of sp³-hybridized carbons (Fsp3) is 0.316. The molecule has 1 aliphatic carbocycles. The van der Waals surface area contributed by atoms with Crippen LogP contribution in [0.15, 0.2) is 57.6 Å². The Morgan fingerprint density at radius 1 is 1.18 bits per heavy atom. The van der Waals surface area contributed by atoms with E-state index in [4.69, 9.17) is 16.3 Å². The van der Waals surface area contributed by atoms with E-state index in [1.807, 2.05) is 0 Å². The van der Waals surface area contributed by atoms with Crippen LogP contribution in [0.1, 0.15) is 31.2 Å². The molecule has 2 heterocycles. The molecule has 4 rings (SSSR count). The molecule has 0 unspecified atom stereocenters. The third-order valence-electron chi connectivity index (χ3n) is 4.77. The fourth-order valence-corrected chi connectivity index (χ4v) is 4.32. The Morgan fingerprint density at radius 2 is 1.86 bits per heavy atom. The maximum absolute atomic E-state index is 13.3. The zero-order chi connectivity index (χ0) is 19.9. The molecule has 1 aromatic rings. The maximum Gasteiger partial charge on any atom is 0.278 e. The third-order valence-corrected chi connectivity index (χ3v) is 5.87. The SMILES string of the molecule is O=S1(=O)C=CN2C=C(Cl)C=C(c3ccc(OC4CCC(F)(F)CC4)cc3)C2=N1. The summed E-state index contributed by atoms with van der Waals surface area (Å²) in [5.74, 6) is -1.76. The number of hydrogen-bond acceptors (Lipinski definition) is 4. The number of hydrogen-bond donors (Lipinski definition) is 0. The van der Waals surface area contributed by atoms with Crippen molar-refractivity contribution in [2.75, 3.05) is 0 Å². The van der Waals surface area contributed by atoms with E-state index < -0.39 is 15.9 Å². The Labute approximate surface area is 166 Å². The first kappa shape index (κ1) is 19.1. The van der Waals surface area contributed by atoms with Crippen molar-refractivity contribution in [2.24, 2.45) is 4.40 Å². The smallest absolute Gasteiger partial charge is 0.278 e. The summed E-state index contributed by atoms with van der Waals surface area (Å²) < 4.78 is 59.8. The first-order valence-corrected chi connectivity index (χ1v) is 10.6. The highest BCUT2D eigenvalue weighted by atomic mass is 35.5. The van der Waals surface area contributed by atoms with Gasteiger partial charge in [0, 0.05) is 30.8 Å². The number of fused-ring (bicyclic) bond motifs is 1. The lowest BCUT2D eigenvalue weighted by Crippen LogP contribution is -2.30. The van der Waals surface area contributed by atoms with Crippen LogP contribution in [0.2, 0.25) is 0 Å². The number of nitrogens with zero attached hydrogens (tertiary/aromatic N) is 2. The number of rotatable bonds is 3. The van der Waals surface area contributed by atoms with Crippen LogP contribution < -0.4 is 4.74 Å². The van der Waals surface area contributed by atoms with E-state index >= 15 is 0 Å². The Kier molecular flexibility index (Phi) is 4.79. The first-order valence-electron chi connectivity index (χ1n) is 8.77. The standard InChI is InChI=1S/C19H17ClF2N2O3S/c20-14-11-17(18-23-28(25,26)10-9-24(18)12-14)13-1-3-15(4-2-13)27-16-5-7-19(21,22)8-6-16/h1-4,9-12,16H,5-8H2. The minimum Gasteiger partial charge on any atom is -0.490 e. The van der Waals surface area contributed by atoms with Crippen molar-refractivity contribution in [3.63, 3.8) is 0 Å². The first-order chi connectivity index (χ1) is 13.2. The quantitative estimate of drug-likeness (QED) is 0.706. The lowest BCUT2D eigenvalue weighted by Gasteiger charge is -2.29. The van der Waals surface area contributed by atoms with Crippen LogP contribution in [0.25, 0.3) is 5.57 Å². The predicted molar refractivity (Wildman–Crippen MR) is 104 cm³/mol. The summed E-state index contributed by atoms with van der Waals surface area (Å²) in [6.07, 6.45) is 4.69. The van der Waals surface area contributed by atoms with E-state index in [1.54, 1.807) is 41.4 Å². The van der Waals surface area contributed by atoms with Crippen LogP contribution >= 0.6 is 11.6 Å². The van der Waals surface area contributed by atoms with Crippen molar-refractivity contribution in [1.29, 1.82) is 0 Å². The second-order valence-corrected chi connectivity index (χ2v) is 8.81. The molecule has 0 spiro atoms. The van der Waals surface area contributed by atoms with Gasteiger partial charge in [0.25, 0.3) is 10.0 Å². The Bertz CT molecular complexity index is 1000. The van der Waals surface area contributed by atoms with E-state index in [-0.39, 0.29) is 24.8 Å². The molecule has 0 N–H and O–H groups in total. The molecular weight excluding hydrogens is 410 g/mol. The van der Waals surface area contributed by atoms with Gasteiger partial charge >= 0.3 is 0 Å².